The van der Waals surface area contributed by atoms with E-state index in [1.807, 2.05) is 168 Å². The number of ketones is 4. The Hall–Kier alpha value is -9.70. The second kappa shape index (κ2) is 38.3. The maximum atomic E-state index is 15.2. The van der Waals surface area contributed by atoms with Gasteiger partial charge < -0.3 is 38.2 Å². The fourth-order valence-corrected chi connectivity index (χ4v) is 21.7. The number of amides is 4. The lowest BCUT2D eigenvalue weighted by Gasteiger charge is -2.32. The van der Waals surface area contributed by atoms with E-state index in [0.29, 0.717) is 121 Å². The van der Waals surface area contributed by atoms with E-state index in [2.05, 4.69) is 33.3 Å². The minimum atomic E-state index is -3.88. The number of pyridine rings is 4. The molecule has 6 aromatic rings. The Morgan fingerprint density at radius 2 is 0.897 bits per heavy atom. The van der Waals surface area contributed by atoms with Crippen molar-refractivity contribution in [1.29, 1.82) is 0 Å². The van der Waals surface area contributed by atoms with Crippen LogP contribution in [0.3, 0.4) is 0 Å². The Kier molecular flexibility index (Phi) is 28.6. The van der Waals surface area contributed by atoms with Gasteiger partial charge in [0.2, 0.25) is 67.2 Å². The molecule has 4 aliphatic carbocycles. The molecule has 14 rings (SSSR count). The van der Waals surface area contributed by atoms with Crippen LogP contribution in [0.5, 0.6) is 35.0 Å². The highest BCUT2D eigenvalue weighted by Crippen LogP contribution is 2.59. The van der Waals surface area contributed by atoms with Gasteiger partial charge in [0.05, 0.1) is 84.3 Å². The molecule has 680 valence electrons. The Bertz CT molecular complexity index is 5040. The number of benzene rings is 2. The van der Waals surface area contributed by atoms with Gasteiger partial charge in [-0.3, -0.25) is 47.8 Å². The number of hydrogen-bond acceptors (Lipinski definition) is 22. The van der Waals surface area contributed by atoms with Crippen LogP contribution in [-0.2, 0) is 58.4 Å². The molecule has 2 saturated heterocycles. The van der Waals surface area contributed by atoms with Crippen LogP contribution in [0.4, 0.5) is 0 Å². The van der Waals surface area contributed by atoms with Gasteiger partial charge >= 0.3 is 0 Å². The number of sulfonamides is 2. The molecule has 4 saturated carbocycles. The van der Waals surface area contributed by atoms with Crippen molar-refractivity contribution in [1.82, 2.24) is 39.2 Å². The summed E-state index contributed by atoms with van der Waals surface area (Å²) in [5.41, 5.74) is -0.477. The molecule has 4 amide bonds. The van der Waals surface area contributed by atoms with Crippen molar-refractivity contribution in [2.45, 2.75) is 272 Å². The van der Waals surface area contributed by atoms with E-state index < -0.39 is 89.3 Å². The van der Waals surface area contributed by atoms with E-state index >= 15 is 9.59 Å². The summed E-state index contributed by atoms with van der Waals surface area (Å²) < 4.78 is 93.1. The molecule has 0 spiro atoms. The molecular formula is C98H128N8O18S2. The number of rotatable bonds is 24. The number of fused-ring (bicyclic) bond motifs is 6. The van der Waals surface area contributed by atoms with Crippen LogP contribution in [0.15, 0.2) is 109 Å². The summed E-state index contributed by atoms with van der Waals surface area (Å²) in [4.78, 5) is 138. The zero-order valence-corrected chi connectivity index (χ0v) is 77.7. The molecule has 28 heteroatoms. The predicted molar refractivity (Wildman–Crippen MR) is 481 cm³/mol. The normalized spacial score (nSPS) is 27.5. The molecule has 4 aliphatic heterocycles. The van der Waals surface area contributed by atoms with E-state index in [1.54, 1.807) is 48.5 Å². The summed E-state index contributed by atoms with van der Waals surface area (Å²) in [5.74, 6) is -1.67. The number of ether oxygens (including phenoxy) is 6. The van der Waals surface area contributed by atoms with E-state index in [9.17, 15) is 45.6 Å². The van der Waals surface area contributed by atoms with Gasteiger partial charge in [0.25, 0.3) is 0 Å². The predicted octanol–water partition coefficient (Wildman–Crippen LogP) is 16.1. The zero-order chi connectivity index (χ0) is 90.9. The number of allylic oxidation sites excluding steroid dienone is 4. The first-order chi connectivity index (χ1) is 59.5. The molecule has 8 heterocycles. The van der Waals surface area contributed by atoms with Gasteiger partial charge in [-0.25, -0.2) is 36.8 Å². The summed E-state index contributed by atoms with van der Waals surface area (Å²) in [6.07, 6.45) is 17.5. The lowest BCUT2D eigenvalue weighted by molar-refractivity contribution is -0.145. The maximum Gasteiger partial charge on any atom is 0.240 e. The van der Waals surface area contributed by atoms with Crippen molar-refractivity contribution in [3.63, 3.8) is 0 Å². The third-order valence-electron chi connectivity index (χ3n) is 26.0. The first-order valence-corrected chi connectivity index (χ1v) is 48.3. The standard InChI is InChI=1S/2C49H64N4O9S/c2*1-29(2)61-44-18-13-32(27-50-44)41-21-33-20-36(60-8)14-17-39(33)45(51-41)62-37-23-42-43(55)26-49(47(57)52-63(58,59)38-15-16-38)24-34(49)12-10-9-11-30(3)19-31(4)40(46(56)53(42)28-37)22-35(54)25-48(5,6)7/h2*10,12-14,17-18,20-21,27,29-31,34,37-38,40,42H,9,11,15-16,19,22-26,28H2,1-8H3,(H,52,57)/b2*12-10-/t30-,31+,34+,37+,40-,42-,49+;30-,31-,34-,37-,40+,42+,49-/m01/s1. The van der Waals surface area contributed by atoms with E-state index in [4.69, 9.17) is 38.4 Å². The minimum absolute atomic E-state index is 0.00871. The Morgan fingerprint density at radius 3 is 1.23 bits per heavy atom. The SMILES string of the molecule is COc1ccc2c(O[C@@H]3C[C@H]4C(=O)C[C@]5(C(=O)NS(=O)(=O)C6CC6)C[C@H]5/C=C\CC[C@@H](C)C[C@@H](C)[C@H](CC(=O)CC(C)(C)C)C(=O)N4C3)nc(-c3ccc(OC(C)C)nc3)cc2c1.COc1ccc2c(O[C@@H]3C[C@H]4C(=O)C[C@]5(C(=O)NS(=O)(=O)C6CC6)C[C@H]5/C=C\CC[C@H](C)C[C@@H](C)[C@H](CC(=O)CC(C)(C)C)C(=O)N4C3)nc(-c3ccc(OC(C)C)nc3)cc2c1. The molecule has 126 heavy (non-hydrogen) atoms. The van der Waals surface area contributed by atoms with Crippen LogP contribution in [0.25, 0.3) is 44.1 Å². The van der Waals surface area contributed by atoms with Crippen LogP contribution in [0.2, 0.25) is 0 Å². The van der Waals surface area contributed by atoms with Gasteiger partial charge in [0.15, 0.2) is 11.6 Å². The lowest BCUT2D eigenvalue weighted by Crippen LogP contribution is -2.47. The van der Waals surface area contributed by atoms with Gasteiger partial charge in [-0.2, -0.15) is 0 Å². The Labute approximate surface area is 742 Å². The van der Waals surface area contributed by atoms with E-state index in [-0.39, 0.29) is 145 Å². The van der Waals surface area contributed by atoms with Gasteiger partial charge in [-0.05, 0) is 223 Å². The summed E-state index contributed by atoms with van der Waals surface area (Å²) >= 11 is 0. The number of Topliss-reactive ketones (excluding diaryl/α,β-unsaturated/α-hetero) is 4. The quantitative estimate of drug-likeness (QED) is 0.0532. The molecule has 2 N–H and O–H groups in total. The number of carbonyl (C=O) groups is 8. The molecule has 0 unspecified atom stereocenters. The van der Waals surface area contributed by atoms with E-state index in [1.165, 1.54) is 0 Å². The highest BCUT2D eigenvalue weighted by Gasteiger charge is 2.64. The Morgan fingerprint density at radius 1 is 0.516 bits per heavy atom. The lowest BCUT2D eigenvalue weighted by atomic mass is 9.79. The first kappa shape index (κ1) is 93.9. The van der Waals surface area contributed by atoms with Gasteiger partial charge in [0.1, 0.15) is 35.3 Å². The van der Waals surface area contributed by atoms with Crippen molar-refractivity contribution in [3.05, 3.63) is 109 Å². The fraction of sp³-hybridized carbons (Fsp3) is 0.592. The summed E-state index contributed by atoms with van der Waals surface area (Å²) in [6, 6.07) is 20.3. The van der Waals surface area contributed by atoms with E-state index in [0.717, 1.165) is 47.6 Å². The number of nitrogens with zero attached hydrogens (tertiary/aromatic N) is 6. The average molecular weight is 1770 g/mol. The average Bonchev–Trinajstić information content (AvgIpc) is 1.57. The van der Waals surface area contributed by atoms with Crippen molar-refractivity contribution >= 4 is 88.4 Å². The molecule has 0 bridgehead atoms. The fourth-order valence-electron chi connectivity index (χ4n) is 18.9. The topological polar surface area (TPSA) is 342 Å². The summed E-state index contributed by atoms with van der Waals surface area (Å²) in [6.45, 7) is 28.2. The molecule has 14 atom stereocenters. The highest BCUT2D eigenvalue weighted by atomic mass is 32.2. The van der Waals surface area contributed by atoms with Gasteiger partial charge in [-0.1, -0.05) is 93.5 Å². The van der Waals surface area contributed by atoms with Crippen molar-refractivity contribution in [2.75, 3.05) is 27.3 Å². The van der Waals surface area contributed by atoms with Crippen molar-refractivity contribution in [2.24, 2.45) is 69.0 Å². The summed E-state index contributed by atoms with van der Waals surface area (Å²) in [7, 11) is -4.56. The second-order valence-corrected chi connectivity index (χ2v) is 44.2. The number of carbonyl (C=O) groups excluding carboxylic acids is 8. The molecule has 26 nitrogen and oxygen atoms in total. The summed E-state index contributed by atoms with van der Waals surface area (Å²) in [5, 5.41) is 1.76. The van der Waals surface area contributed by atoms with Crippen molar-refractivity contribution in [3.8, 4) is 57.5 Å². The molecular weight excluding hydrogens is 1640 g/mol. The third kappa shape index (κ3) is 23.1. The van der Waals surface area contributed by atoms with Gasteiger partial charge in [0, 0.05) is 110 Å². The minimum Gasteiger partial charge on any atom is -0.497 e. The number of aromatic nitrogens is 4. The maximum absolute atomic E-state index is 15.2. The number of hydrogen-bond donors (Lipinski definition) is 2. The molecule has 6 fully saturated rings. The third-order valence-corrected chi connectivity index (χ3v) is 29.7. The monoisotopic (exact) mass is 1770 g/mol. The second-order valence-electron chi connectivity index (χ2n) is 40.3. The first-order valence-electron chi connectivity index (χ1n) is 45.2. The molecule has 8 aliphatic rings. The largest absolute Gasteiger partial charge is 0.497 e. The van der Waals surface area contributed by atoms with Crippen LogP contribution in [-0.4, -0.2) is 168 Å². The van der Waals surface area contributed by atoms with Crippen LogP contribution in [0.1, 0.15) is 225 Å². The van der Waals surface area contributed by atoms with Crippen LogP contribution in [0, 0.1) is 69.0 Å². The van der Waals surface area contributed by atoms with Gasteiger partial charge in [-0.15, -0.1) is 0 Å². The number of methoxy groups -OCH3 is 2. The highest BCUT2D eigenvalue weighted by molar-refractivity contribution is 7.91. The Balaban J connectivity index is 0.000000216. The zero-order valence-electron chi connectivity index (χ0n) is 76.0. The molecule has 2 aromatic carbocycles. The smallest absolute Gasteiger partial charge is 0.240 e. The molecule has 0 radical (unpaired) electrons. The van der Waals surface area contributed by atoms with Crippen LogP contribution >= 0.6 is 0 Å². The molecule has 4 aromatic heterocycles. The van der Waals surface area contributed by atoms with Crippen molar-refractivity contribution < 1.29 is 83.6 Å². The number of nitrogens with one attached hydrogen (secondary N) is 2. The van der Waals surface area contributed by atoms with Crippen LogP contribution < -0.4 is 37.9 Å².